The van der Waals surface area contributed by atoms with Crippen molar-refractivity contribution >= 4 is 29.9 Å². The van der Waals surface area contributed by atoms with Crippen LogP contribution in [0.25, 0.3) is 0 Å². The topological polar surface area (TPSA) is 63.5 Å². The van der Waals surface area contributed by atoms with Crippen LogP contribution < -0.4 is 10.6 Å². The number of methoxy groups -OCH3 is 1. The molecule has 6 nitrogen and oxygen atoms in total. The molecule has 1 aromatic heterocycles. The molecule has 7 heteroatoms. The molecule has 1 aromatic carbocycles. The van der Waals surface area contributed by atoms with Gasteiger partial charge in [-0.1, -0.05) is 24.3 Å². The van der Waals surface area contributed by atoms with Crippen LogP contribution in [-0.4, -0.2) is 42.3 Å². The zero-order chi connectivity index (χ0) is 16.5. The fraction of sp³-hybridized carbons (Fsp3) is 0.412. The van der Waals surface area contributed by atoms with Gasteiger partial charge in [0, 0.05) is 45.7 Å². The van der Waals surface area contributed by atoms with Crippen LogP contribution >= 0.6 is 24.0 Å². The van der Waals surface area contributed by atoms with E-state index in [0.717, 1.165) is 19.0 Å². The second-order valence-electron chi connectivity index (χ2n) is 5.48. The predicted octanol–water partition coefficient (Wildman–Crippen LogP) is 2.25. The van der Waals surface area contributed by atoms with Gasteiger partial charge in [-0.15, -0.1) is 24.0 Å². The van der Waals surface area contributed by atoms with Crippen molar-refractivity contribution in [1.29, 1.82) is 0 Å². The Morgan fingerprint density at radius 2 is 2.00 bits per heavy atom. The van der Waals surface area contributed by atoms with Gasteiger partial charge in [0.05, 0.1) is 12.9 Å². The molecular weight excluding hydrogens is 417 g/mol. The highest BCUT2D eigenvalue weighted by atomic mass is 127. The smallest absolute Gasteiger partial charge is 0.191 e. The number of hydrogen-bond donors (Lipinski definition) is 2. The Morgan fingerprint density at radius 3 is 2.58 bits per heavy atom. The molecule has 0 fully saturated rings. The van der Waals surface area contributed by atoms with Crippen molar-refractivity contribution in [2.24, 2.45) is 4.99 Å². The predicted molar refractivity (Wildman–Crippen MR) is 108 cm³/mol. The molecule has 2 rings (SSSR count). The summed E-state index contributed by atoms with van der Waals surface area (Å²) in [7, 11) is 3.46. The summed E-state index contributed by atoms with van der Waals surface area (Å²) in [6.07, 6.45) is 5.58. The summed E-state index contributed by atoms with van der Waals surface area (Å²) in [5.74, 6) is 0.775. The minimum atomic E-state index is 0. The Balaban J connectivity index is 0.00000288. The highest BCUT2D eigenvalue weighted by molar-refractivity contribution is 14.0. The standard InChI is InChI=1S/C17H25N5O.HI/c1-14(12-23-3)21-17(18-2)20-10-15-4-6-16(7-5-15)11-22-9-8-19-13-22;/h4-9,13-14H,10-12H2,1-3H3,(H2,18,20,21);1H. The molecule has 0 aliphatic rings. The van der Waals surface area contributed by atoms with E-state index in [9.17, 15) is 0 Å². The molecule has 1 heterocycles. The fourth-order valence-corrected chi connectivity index (χ4v) is 2.26. The third-order valence-corrected chi connectivity index (χ3v) is 3.43. The lowest BCUT2D eigenvalue weighted by Gasteiger charge is -2.17. The molecule has 0 radical (unpaired) electrons. The van der Waals surface area contributed by atoms with Gasteiger partial charge in [-0.2, -0.15) is 0 Å². The van der Waals surface area contributed by atoms with Crippen molar-refractivity contribution in [3.63, 3.8) is 0 Å². The summed E-state index contributed by atoms with van der Waals surface area (Å²) in [6, 6.07) is 8.75. The van der Waals surface area contributed by atoms with Crippen LogP contribution in [0.5, 0.6) is 0 Å². The first kappa shape index (κ1) is 20.4. The van der Waals surface area contributed by atoms with Crippen LogP contribution in [-0.2, 0) is 17.8 Å². The second-order valence-corrected chi connectivity index (χ2v) is 5.48. The van der Waals surface area contributed by atoms with Gasteiger partial charge in [0.1, 0.15) is 0 Å². The minimum absolute atomic E-state index is 0. The Kier molecular flexibility index (Phi) is 9.39. The number of rotatable bonds is 7. The lowest BCUT2D eigenvalue weighted by molar-refractivity contribution is 0.179. The van der Waals surface area contributed by atoms with E-state index in [2.05, 4.69) is 56.4 Å². The Labute approximate surface area is 160 Å². The maximum atomic E-state index is 5.12. The Hall–Kier alpha value is -1.61. The van der Waals surface area contributed by atoms with Crippen LogP contribution in [0, 0.1) is 0 Å². The van der Waals surface area contributed by atoms with Crippen LogP contribution in [0.4, 0.5) is 0 Å². The average Bonchev–Trinajstić information content (AvgIpc) is 3.06. The van der Waals surface area contributed by atoms with E-state index in [0.29, 0.717) is 6.61 Å². The largest absolute Gasteiger partial charge is 0.383 e. The summed E-state index contributed by atoms with van der Waals surface area (Å²) < 4.78 is 7.17. The van der Waals surface area contributed by atoms with E-state index in [1.54, 1.807) is 20.4 Å². The third-order valence-electron chi connectivity index (χ3n) is 3.43. The molecule has 132 valence electrons. The van der Waals surface area contributed by atoms with Crippen molar-refractivity contribution in [2.75, 3.05) is 20.8 Å². The van der Waals surface area contributed by atoms with E-state index >= 15 is 0 Å². The number of guanidine groups is 1. The maximum Gasteiger partial charge on any atom is 0.191 e. The average molecular weight is 443 g/mol. The SMILES string of the molecule is CN=C(NCc1ccc(Cn2ccnc2)cc1)NC(C)COC.I. The zero-order valence-electron chi connectivity index (χ0n) is 14.4. The van der Waals surface area contributed by atoms with Crippen LogP contribution in [0.15, 0.2) is 48.0 Å². The molecule has 0 amide bonds. The van der Waals surface area contributed by atoms with Crippen LogP contribution in [0.3, 0.4) is 0 Å². The van der Waals surface area contributed by atoms with Crippen molar-refractivity contribution in [3.05, 3.63) is 54.1 Å². The number of aliphatic imine (C=N–C) groups is 1. The molecule has 0 bridgehead atoms. The number of ether oxygens (including phenoxy) is 1. The minimum Gasteiger partial charge on any atom is -0.383 e. The molecular formula is C17H26IN5O. The van der Waals surface area contributed by atoms with Crippen molar-refractivity contribution < 1.29 is 4.74 Å². The van der Waals surface area contributed by atoms with Gasteiger partial charge in [0.25, 0.3) is 0 Å². The van der Waals surface area contributed by atoms with Gasteiger partial charge in [-0.05, 0) is 18.1 Å². The van der Waals surface area contributed by atoms with Crippen molar-refractivity contribution in [3.8, 4) is 0 Å². The molecule has 0 saturated heterocycles. The monoisotopic (exact) mass is 443 g/mol. The van der Waals surface area contributed by atoms with Crippen molar-refractivity contribution in [2.45, 2.75) is 26.1 Å². The van der Waals surface area contributed by atoms with Gasteiger partial charge in [0.15, 0.2) is 5.96 Å². The zero-order valence-corrected chi connectivity index (χ0v) is 16.7. The maximum absolute atomic E-state index is 5.12. The first-order valence-corrected chi connectivity index (χ1v) is 7.71. The number of halogens is 1. The molecule has 24 heavy (non-hydrogen) atoms. The summed E-state index contributed by atoms with van der Waals surface area (Å²) in [4.78, 5) is 8.28. The van der Waals surface area contributed by atoms with Gasteiger partial charge in [0.2, 0.25) is 0 Å². The Morgan fingerprint density at radius 1 is 1.29 bits per heavy atom. The number of imidazole rings is 1. The first-order valence-electron chi connectivity index (χ1n) is 7.71. The van der Waals surface area contributed by atoms with E-state index < -0.39 is 0 Å². The molecule has 2 aromatic rings. The van der Waals surface area contributed by atoms with Crippen LogP contribution in [0.2, 0.25) is 0 Å². The molecule has 0 spiro atoms. The number of hydrogen-bond acceptors (Lipinski definition) is 3. The summed E-state index contributed by atoms with van der Waals surface area (Å²) >= 11 is 0. The normalized spacial score (nSPS) is 12.4. The van der Waals surface area contributed by atoms with Crippen LogP contribution in [0.1, 0.15) is 18.1 Å². The van der Waals surface area contributed by atoms with Crippen molar-refractivity contribution in [1.82, 2.24) is 20.2 Å². The highest BCUT2D eigenvalue weighted by Crippen LogP contribution is 2.06. The van der Waals surface area contributed by atoms with Gasteiger partial charge < -0.3 is 19.9 Å². The molecule has 0 aliphatic heterocycles. The van der Waals surface area contributed by atoms with Gasteiger partial charge in [-0.3, -0.25) is 4.99 Å². The Bertz CT molecular complexity index is 598. The number of nitrogens with zero attached hydrogens (tertiary/aromatic N) is 3. The summed E-state index contributed by atoms with van der Waals surface area (Å²) in [5, 5.41) is 6.59. The number of aromatic nitrogens is 2. The van der Waals surface area contributed by atoms with E-state index in [1.807, 2.05) is 12.5 Å². The molecule has 2 N–H and O–H groups in total. The number of benzene rings is 1. The fourth-order valence-electron chi connectivity index (χ4n) is 2.26. The lowest BCUT2D eigenvalue weighted by atomic mass is 10.1. The first-order chi connectivity index (χ1) is 11.2. The quantitative estimate of drug-likeness (QED) is 0.392. The third kappa shape index (κ3) is 6.88. The molecule has 0 saturated carbocycles. The molecule has 1 atom stereocenters. The molecule has 0 aliphatic carbocycles. The second kappa shape index (κ2) is 11.0. The van der Waals surface area contributed by atoms with E-state index in [4.69, 9.17) is 4.74 Å². The van der Waals surface area contributed by atoms with Gasteiger partial charge in [-0.25, -0.2) is 4.98 Å². The van der Waals surface area contributed by atoms with Gasteiger partial charge >= 0.3 is 0 Å². The summed E-state index contributed by atoms with van der Waals surface area (Å²) in [6.45, 7) is 4.26. The number of nitrogens with one attached hydrogen (secondary N) is 2. The lowest BCUT2D eigenvalue weighted by Crippen LogP contribution is -2.43. The van der Waals surface area contributed by atoms with E-state index in [-0.39, 0.29) is 30.0 Å². The van der Waals surface area contributed by atoms with E-state index in [1.165, 1.54) is 11.1 Å². The molecule has 1 unspecified atom stereocenters. The summed E-state index contributed by atoms with van der Waals surface area (Å²) in [5.41, 5.74) is 2.46. The highest BCUT2D eigenvalue weighted by Gasteiger charge is 2.04.